The van der Waals surface area contributed by atoms with Gasteiger partial charge in [0.1, 0.15) is 0 Å². The average Bonchev–Trinajstić information content (AvgIpc) is 2.44. The van der Waals surface area contributed by atoms with E-state index in [-0.39, 0.29) is 24.2 Å². The van der Waals surface area contributed by atoms with Crippen LogP contribution in [0.4, 0.5) is 0 Å². The highest BCUT2D eigenvalue weighted by Gasteiger charge is 2.11. The van der Waals surface area contributed by atoms with Crippen LogP contribution in [-0.4, -0.2) is 25.5 Å². The van der Waals surface area contributed by atoms with Crippen molar-refractivity contribution in [2.75, 3.05) is 13.6 Å². The number of rotatable bonds is 7. The molecule has 0 bridgehead atoms. The molecule has 0 aromatic heterocycles. The molecular weight excluding hydrogens is 272 g/mol. The first-order chi connectivity index (χ1) is 9.06. The summed E-state index contributed by atoms with van der Waals surface area (Å²) < 4.78 is 0. The predicted octanol–water partition coefficient (Wildman–Crippen LogP) is 2.89. The van der Waals surface area contributed by atoms with Crippen molar-refractivity contribution in [3.8, 4) is 0 Å². The molecule has 0 aliphatic rings. The minimum absolute atomic E-state index is 0. The topological polar surface area (TPSA) is 41.1 Å². The lowest BCUT2D eigenvalue weighted by atomic mass is 9.96. The fourth-order valence-corrected chi connectivity index (χ4v) is 1.92. The van der Waals surface area contributed by atoms with Crippen LogP contribution in [0.1, 0.15) is 44.2 Å². The van der Waals surface area contributed by atoms with Crippen LogP contribution in [0.25, 0.3) is 0 Å². The molecule has 4 heteroatoms. The highest BCUT2D eigenvalue weighted by molar-refractivity contribution is 5.85. The van der Waals surface area contributed by atoms with E-state index in [1.165, 1.54) is 11.1 Å². The van der Waals surface area contributed by atoms with Gasteiger partial charge in [-0.05, 0) is 37.4 Å². The van der Waals surface area contributed by atoms with Crippen molar-refractivity contribution >= 4 is 18.3 Å². The number of halogens is 1. The lowest BCUT2D eigenvalue weighted by Crippen LogP contribution is -2.37. The third kappa shape index (κ3) is 6.40. The van der Waals surface area contributed by atoms with Gasteiger partial charge in [0.2, 0.25) is 5.91 Å². The minimum Gasteiger partial charge on any atom is -0.355 e. The monoisotopic (exact) mass is 298 g/mol. The van der Waals surface area contributed by atoms with Gasteiger partial charge in [-0.1, -0.05) is 38.1 Å². The molecule has 0 aliphatic heterocycles. The zero-order valence-corrected chi connectivity index (χ0v) is 13.7. The summed E-state index contributed by atoms with van der Waals surface area (Å²) in [6.07, 6.45) is 1.60. The maximum atomic E-state index is 11.8. The SMILES string of the molecule is CCc1ccc(C(C)CC(=O)NCC(C)NC)cc1.Cl. The van der Waals surface area contributed by atoms with E-state index in [0.29, 0.717) is 19.0 Å². The van der Waals surface area contributed by atoms with Gasteiger partial charge in [0.25, 0.3) is 0 Å². The molecule has 1 aromatic carbocycles. The second-order valence-corrected chi connectivity index (χ2v) is 5.19. The van der Waals surface area contributed by atoms with Gasteiger partial charge in [-0.15, -0.1) is 12.4 Å². The van der Waals surface area contributed by atoms with E-state index in [9.17, 15) is 4.79 Å². The number of hydrogen-bond acceptors (Lipinski definition) is 2. The molecule has 114 valence electrons. The van der Waals surface area contributed by atoms with Gasteiger partial charge in [0, 0.05) is 19.0 Å². The van der Waals surface area contributed by atoms with Gasteiger partial charge in [-0.2, -0.15) is 0 Å². The van der Waals surface area contributed by atoms with E-state index in [0.717, 1.165) is 6.42 Å². The van der Waals surface area contributed by atoms with Gasteiger partial charge < -0.3 is 10.6 Å². The summed E-state index contributed by atoms with van der Waals surface area (Å²) in [6, 6.07) is 8.86. The summed E-state index contributed by atoms with van der Waals surface area (Å²) in [4.78, 5) is 11.8. The molecule has 3 nitrogen and oxygen atoms in total. The highest BCUT2D eigenvalue weighted by atomic mass is 35.5. The van der Waals surface area contributed by atoms with Crippen molar-refractivity contribution in [3.05, 3.63) is 35.4 Å². The van der Waals surface area contributed by atoms with E-state index in [2.05, 4.69) is 48.7 Å². The molecule has 2 N–H and O–H groups in total. The second-order valence-electron chi connectivity index (χ2n) is 5.19. The Morgan fingerprint density at radius 3 is 2.30 bits per heavy atom. The zero-order chi connectivity index (χ0) is 14.3. The lowest BCUT2D eigenvalue weighted by Gasteiger charge is -2.15. The van der Waals surface area contributed by atoms with Crippen LogP contribution in [0.3, 0.4) is 0 Å². The van der Waals surface area contributed by atoms with Crippen LogP contribution in [0, 0.1) is 0 Å². The first kappa shape index (κ1) is 18.9. The van der Waals surface area contributed by atoms with E-state index in [1.54, 1.807) is 0 Å². The van der Waals surface area contributed by atoms with E-state index >= 15 is 0 Å². The summed E-state index contributed by atoms with van der Waals surface area (Å²) in [5.74, 6) is 0.380. The molecule has 20 heavy (non-hydrogen) atoms. The van der Waals surface area contributed by atoms with Crippen molar-refractivity contribution in [1.82, 2.24) is 10.6 Å². The standard InChI is InChI=1S/C16H26N2O.ClH/c1-5-14-6-8-15(9-7-14)12(2)10-16(19)18-11-13(3)17-4;/h6-9,12-13,17H,5,10-11H2,1-4H3,(H,18,19);1H. The number of carbonyl (C=O) groups is 1. The van der Waals surface area contributed by atoms with Crippen LogP contribution in [-0.2, 0) is 11.2 Å². The Morgan fingerprint density at radius 2 is 1.80 bits per heavy atom. The van der Waals surface area contributed by atoms with Crippen molar-refractivity contribution in [2.45, 2.75) is 45.6 Å². The van der Waals surface area contributed by atoms with Crippen LogP contribution in [0.2, 0.25) is 0 Å². The Kier molecular flexibility index (Phi) is 9.26. The highest BCUT2D eigenvalue weighted by Crippen LogP contribution is 2.19. The number of benzene rings is 1. The van der Waals surface area contributed by atoms with Gasteiger partial charge in [0.05, 0.1) is 0 Å². The van der Waals surface area contributed by atoms with Crippen LogP contribution >= 0.6 is 12.4 Å². The fourth-order valence-electron chi connectivity index (χ4n) is 1.92. The Balaban J connectivity index is 0.00000361. The number of carbonyl (C=O) groups excluding carboxylic acids is 1. The molecule has 1 aromatic rings. The van der Waals surface area contributed by atoms with Crippen LogP contribution in [0.5, 0.6) is 0 Å². The van der Waals surface area contributed by atoms with Gasteiger partial charge in [-0.25, -0.2) is 0 Å². The third-order valence-electron chi connectivity index (χ3n) is 3.55. The Labute approximate surface area is 128 Å². The second kappa shape index (κ2) is 9.78. The van der Waals surface area contributed by atoms with Crippen molar-refractivity contribution in [2.24, 2.45) is 0 Å². The summed E-state index contributed by atoms with van der Waals surface area (Å²) >= 11 is 0. The fraction of sp³-hybridized carbons (Fsp3) is 0.562. The van der Waals surface area contributed by atoms with Gasteiger partial charge >= 0.3 is 0 Å². The molecule has 0 saturated heterocycles. The Hall–Kier alpha value is -1.06. The van der Waals surface area contributed by atoms with E-state index < -0.39 is 0 Å². The maximum Gasteiger partial charge on any atom is 0.220 e. The molecule has 2 atom stereocenters. The van der Waals surface area contributed by atoms with Crippen LogP contribution < -0.4 is 10.6 Å². The summed E-state index contributed by atoms with van der Waals surface area (Å²) in [5, 5.41) is 6.06. The summed E-state index contributed by atoms with van der Waals surface area (Å²) in [7, 11) is 1.90. The molecule has 1 amide bonds. The van der Waals surface area contributed by atoms with Gasteiger partial charge in [-0.3, -0.25) is 4.79 Å². The van der Waals surface area contributed by atoms with Gasteiger partial charge in [0.15, 0.2) is 0 Å². The quantitative estimate of drug-likeness (QED) is 0.813. The average molecular weight is 299 g/mol. The molecule has 2 unspecified atom stereocenters. The Morgan fingerprint density at radius 1 is 1.20 bits per heavy atom. The molecule has 0 spiro atoms. The zero-order valence-electron chi connectivity index (χ0n) is 12.9. The van der Waals surface area contributed by atoms with Crippen molar-refractivity contribution < 1.29 is 4.79 Å². The molecule has 0 heterocycles. The number of likely N-dealkylation sites (N-methyl/N-ethyl adjacent to an activating group) is 1. The number of hydrogen-bond donors (Lipinski definition) is 2. The molecule has 1 rings (SSSR count). The lowest BCUT2D eigenvalue weighted by molar-refractivity contribution is -0.121. The Bertz CT molecular complexity index is 392. The van der Waals surface area contributed by atoms with Crippen LogP contribution in [0.15, 0.2) is 24.3 Å². The van der Waals surface area contributed by atoms with E-state index in [1.807, 2.05) is 14.0 Å². The largest absolute Gasteiger partial charge is 0.355 e. The summed E-state index contributed by atoms with van der Waals surface area (Å²) in [6.45, 7) is 6.97. The number of amides is 1. The predicted molar refractivity (Wildman–Crippen MR) is 87.6 cm³/mol. The third-order valence-corrected chi connectivity index (χ3v) is 3.55. The molecule has 0 fully saturated rings. The van der Waals surface area contributed by atoms with Crippen molar-refractivity contribution in [1.29, 1.82) is 0 Å². The first-order valence-corrected chi connectivity index (χ1v) is 7.09. The normalized spacial score (nSPS) is 13.2. The smallest absolute Gasteiger partial charge is 0.220 e. The molecule has 0 aliphatic carbocycles. The van der Waals surface area contributed by atoms with Crippen molar-refractivity contribution in [3.63, 3.8) is 0 Å². The minimum atomic E-state index is 0. The van der Waals surface area contributed by atoms with E-state index in [4.69, 9.17) is 0 Å². The number of nitrogens with one attached hydrogen (secondary N) is 2. The molecular formula is C16H27ClN2O. The first-order valence-electron chi connectivity index (χ1n) is 7.09. The molecule has 0 radical (unpaired) electrons. The maximum absolute atomic E-state index is 11.8. The number of aryl methyl sites for hydroxylation is 1. The summed E-state index contributed by atoms with van der Waals surface area (Å²) in [5.41, 5.74) is 2.57. The molecule has 0 saturated carbocycles.